The number of hydrogen-bond donors (Lipinski definition) is 8. The molecule has 0 amide bonds. The molecule has 34 heavy (non-hydrogen) atoms. The Hall–Kier alpha value is -3.20. The van der Waals surface area contributed by atoms with Crippen LogP contribution in [0.3, 0.4) is 0 Å². The summed E-state index contributed by atoms with van der Waals surface area (Å²) in [6, 6.07) is 15.1. The molecular weight excluding hydrogens is 451 g/mol. The first-order valence-electron chi connectivity index (χ1n) is 9.61. The third-order valence-corrected chi connectivity index (χ3v) is 4.28. The fraction of sp³-hybridized carbons (Fsp3) is 0. The van der Waals surface area contributed by atoms with Crippen molar-refractivity contribution in [2.75, 3.05) is 0 Å². The molecule has 0 saturated heterocycles. The SMILES string of the molecule is OB(O)Oc1cc(OB(O)O)cc(-c2ccc(-c3cc(OB(O)O)cc(OB(O)O)c3)cc2)c1. The molecule has 0 fully saturated rings. The van der Waals surface area contributed by atoms with E-state index in [1.54, 1.807) is 24.3 Å². The van der Waals surface area contributed by atoms with E-state index >= 15 is 0 Å². The first kappa shape index (κ1) is 25.4. The van der Waals surface area contributed by atoms with Crippen LogP contribution in [0.15, 0.2) is 60.7 Å². The van der Waals surface area contributed by atoms with Crippen LogP contribution in [0.5, 0.6) is 23.0 Å². The van der Waals surface area contributed by atoms with E-state index < -0.39 is 29.3 Å². The predicted octanol–water partition coefficient (Wildman–Crippen LogP) is -1.59. The monoisotopic (exact) mass is 470 g/mol. The van der Waals surface area contributed by atoms with Crippen molar-refractivity contribution in [3.8, 4) is 45.3 Å². The van der Waals surface area contributed by atoms with Gasteiger partial charge in [-0.2, -0.15) is 0 Å². The van der Waals surface area contributed by atoms with Gasteiger partial charge in [-0.1, -0.05) is 24.3 Å². The van der Waals surface area contributed by atoms with Gasteiger partial charge in [0.15, 0.2) is 0 Å². The van der Waals surface area contributed by atoms with E-state index in [-0.39, 0.29) is 23.0 Å². The molecule has 0 saturated carbocycles. The Morgan fingerprint density at radius 2 is 0.588 bits per heavy atom. The molecule has 0 unspecified atom stereocenters. The summed E-state index contributed by atoms with van der Waals surface area (Å²) in [5.74, 6) is -0.0408. The summed E-state index contributed by atoms with van der Waals surface area (Å²) in [6.07, 6.45) is 0. The minimum Gasteiger partial charge on any atom is -0.512 e. The average Bonchev–Trinajstić information content (AvgIpc) is 2.71. The van der Waals surface area contributed by atoms with Crippen LogP contribution in [0.1, 0.15) is 0 Å². The van der Waals surface area contributed by atoms with Crippen molar-refractivity contribution in [3.63, 3.8) is 0 Å². The van der Waals surface area contributed by atoms with Gasteiger partial charge in [-0.25, -0.2) is 0 Å². The summed E-state index contributed by atoms with van der Waals surface area (Å²) in [7, 11) is -8.42. The van der Waals surface area contributed by atoms with Crippen molar-refractivity contribution < 1.29 is 58.8 Å². The second-order valence-corrected chi connectivity index (χ2v) is 6.74. The zero-order chi connectivity index (χ0) is 24.8. The van der Waals surface area contributed by atoms with Crippen molar-refractivity contribution in [2.45, 2.75) is 0 Å². The molecule has 0 atom stereocenters. The second-order valence-electron chi connectivity index (χ2n) is 6.74. The number of rotatable bonds is 10. The zero-order valence-electron chi connectivity index (χ0n) is 17.3. The molecule has 12 nitrogen and oxygen atoms in total. The van der Waals surface area contributed by atoms with Crippen LogP contribution in [-0.2, 0) is 0 Å². The molecule has 0 aliphatic heterocycles. The largest absolute Gasteiger partial charge is 0.707 e. The molecule has 174 valence electrons. The molecule has 3 aromatic carbocycles. The van der Waals surface area contributed by atoms with Crippen LogP contribution in [0.4, 0.5) is 0 Å². The van der Waals surface area contributed by atoms with Crippen LogP contribution in [-0.4, -0.2) is 69.5 Å². The Bertz CT molecular complexity index is 952. The topological polar surface area (TPSA) is 199 Å². The molecule has 0 bridgehead atoms. The lowest BCUT2D eigenvalue weighted by molar-refractivity contribution is 0.280. The van der Waals surface area contributed by atoms with E-state index in [2.05, 4.69) is 0 Å². The van der Waals surface area contributed by atoms with Gasteiger partial charge in [0.25, 0.3) is 0 Å². The van der Waals surface area contributed by atoms with Gasteiger partial charge in [0.2, 0.25) is 0 Å². The molecular formula is C18H18B4O12. The maximum atomic E-state index is 9.07. The van der Waals surface area contributed by atoms with Gasteiger partial charge in [0.05, 0.1) is 0 Å². The van der Waals surface area contributed by atoms with Crippen LogP contribution in [0.2, 0.25) is 0 Å². The van der Waals surface area contributed by atoms with Crippen molar-refractivity contribution in [3.05, 3.63) is 60.7 Å². The molecule has 3 rings (SSSR count). The van der Waals surface area contributed by atoms with Gasteiger partial charge in [-0.3, -0.25) is 0 Å². The van der Waals surface area contributed by atoms with Crippen molar-refractivity contribution in [2.24, 2.45) is 0 Å². The Morgan fingerprint density at radius 1 is 0.353 bits per heavy atom. The third-order valence-electron chi connectivity index (χ3n) is 4.28. The fourth-order valence-corrected chi connectivity index (χ4v) is 3.09. The maximum absolute atomic E-state index is 9.07. The van der Waals surface area contributed by atoms with E-state index in [9.17, 15) is 0 Å². The van der Waals surface area contributed by atoms with E-state index in [0.29, 0.717) is 22.3 Å². The Labute approximate surface area is 194 Å². The van der Waals surface area contributed by atoms with Crippen molar-refractivity contribution in [1.82, 2.24) is 0 Å². The predicted molar refractivity (Wildman–Crippen MR) is 121 cm³/mol. The molecule has 0 aliphatic carbocycles. The third kappa shape index (κ3) is 7.41. The molecule has 16 heteroatoms. The minimum atomic E-state index is -2.11. The first-order chi connectivity index (χ1) is 16.1. The fourth-order valence-electron chi connectivity index (χ4n) is 3.09. The first-order valence-corrected chi connectivity index (χ1v) is 9.61. The van der Waals surface area contributed by atoms with Gasteiger partial charge in [-0.05, 0) is 46.5 Å². The summed E-state index contributed by atoms with van der Waals surface area (Å²) in [5.41, 5.74) is 2.18. The summed E-state index contributed by atoms with van der Waals surface area (Å²) in [5, 5.41) is 72.5. The van der Waals surface area contributed by atoms with Gasteiger partial charge >= 0.3 is 29.3 Å². The van der Waals surface area contributed by atoms with Crippen molar-refractivity contribution >= 4 is 29.3 Å². The molecule has 8 N–H and O–H groups in total. The Kier molecular flexibility index (Phi) is 8.44. The highest BCUT2D eigenvalue weighted by Crippen LogP contribution is 2.34. The maximum Gasteiger partial charge on any atom is 0.707 e. The minimum absolute atomic E-state index is 0.0102. The van der Waals surface area contributed by atoms with Crippen LogP contribution in [0.25, 0.3) is 22.3 Å². The quantitative estimate of drug-likeness (QED) is 0.159. The number of hydrogen-bond acceptors (Lipinski definition) is 12. The highest BCUT2D eigenvalue weighted by molar-refractivity contribution is 6.35. The summed E-state index contributed by atoms with van der Waals surface area (Å²) < 4.78 is 19.4. The summed E-state index contributed by atoms with van der Waals surface area (Å²) >= 11 is 0. The lowest BCUT2D eigenvalue weighted by atomic mass is 9.99. The van der Waals surface area contributed by atoms with E-state index in [1.165, 1.54) is 36.4 Å². The number of benzene rings is 3. The normalized spacial score (nSPS) is 10.4. The van der Waals surface area contributed by atoms with Gasteiger partial charge < -0.3 is 58.8 Å². The van der Waals surface area contributed by atoms with E-state index in [0.717, 1.165) is 0 Å². The lowest BCUT2D eigenvalue weighted by Gasteiger charge is -2.14. The Morgan fingerprint density at radius 3 is 0.794 bits per heavy atom. The van der Waals surface area contributed by atoms with Gasteiger partial charge in [-0.15, -0.1) is 0 Å². The summed E-state index contributed by atoms with van der Waals surface area (Å²) in [4.78, 5) is 0. The highest BCUT2D eigenvalue weighted by Gasteiger charge is 2.18. The average molecular weight is 470 g/mol. The summed E-state index contributed by atoms with van der Waals surface area (Å²) in [6.45, 7) is 0. The molecule has 0 heterocycles. The molecule has 0 radical (unpaired) electrons. The van der Waals surface area contributed by atoms with Crippen molar-refractivity contribution in [1.29, 1.82) is 0 Å². The van der Waals surface area contributed by atoms with Crippen LogP contribution in [0, 0.1) is 0 Å². The van der Waals surface area contributed by atoms with Gasteiger partial charge in [0, 0.05) is 12.1 Å². The van der Waals surface area contributed by atoms with Crippen LogP contribution >= 0.6 is 0 Å². The van der Waals surface area contributed by atoms with Gasteiger partial charge in [0.1, 0.15) is 23.0 Å². The smallest absolute Gasteiger partial charge is 0.512 e. The second kappa shape index (κ2) is 11.3. The highest BCUT2D eigenvalue weighted by atomic mass is 16.6. The molecule has 0 aliphatic rings. The molecule has 0 spiro atoms. The van der Waals surface area contributed by atoms with Crippen LogP contribution < -0.4 is 18.6 Å². The van der Waals surface area contributed by atoms with E-state index in [4.69, 9.17) is 58.8 Å². The van der Waals surface area contributed by atoms with E-state index in [1.807, 2.05) is 0 Å². The zero-order valence-corrected chi connectivity index (χ0v) is 17.3. The molecule has 3 aromatic rings. The standard InChI is InChI=1S/C18H18B4O12/c23-19(24)31-15-5-13(6-16(9-15)32-20(25)26)11-1-2-12(4-3-11)14-7-17(33-21(27)28)10-18(8-14)34-22(29)30/h1-10,23-30H. The Balaban J connectivity index is 1.95. The molecule has 0 aromatic heterocycles. The lowest BCUT2D eigenvalue weighted by Crippen LogP contribution is -2.22.